The van der Waals surface area contributed by atoms with Gasteiger partial charge in [-0.1, -0.05) is 48.5 Å². The van der Waals surface area contributed by atoms with Crippen molar-refractivity contribution in [2.45, 2.75) is 12.5 Å². The smallest absolute Gasteiger partial charge is 0.251 e. The molecule has 5 nitrogen and oxygen atoms in total. The molecule has 2 heterocycles. The lowest BCUT2D eigenvalue weighted by Crippen LogP contribution is -2.30. The van der Waals surface area contributed by atoms with E-state index in [-0.39, 0.29) is 11.9 Å². The van der Waals surface area contributed by atoms with Gasteiger partial charge in [-0.25, -0.2) is 4.98 Å². The summed E-state index contributed by atoms with van der Waals surface area (Å²) in [6.45, 7) is 0. The van der Waals surface area contributed by atoms with E-state index in [9.17, 15) is 4.79 Å². The zero-order valence-electron chi connectivity index (χ0n) is 15.7. The van der Waals surface area contributed by atoms with Crippen LogP contribution in [0.4, 0.5) is 0 Å². The third-order valence-electron chi connectivity index (χ3n) is 5.18. The van der Waals surface area contributed by atoms with Crippen LogP contribution in [0.1, 0.15) is 27.8 Å². The number of aromatic amines is 2. The molecule has 0 radical (unpaired) electrons. The van der Waals surface area contributed by atoms with Crippen LogP contribution in [0.25, 0.3) is 21.9 Å². The Bertz CT molecular complexity index is 1250. The van der Waals surface area contributed by atoms with Crippen molar-refractivity contribution >= 4 is 27.8 Å². The van der Waals surface area contributed by atoms with Crippen molar-refractivity contribution in [1.82, 2.24) is 20.3 Å². The summed E-state index contributed by atoms with van der Waals surface area (Å²) in [5.74, 6) is 0.636. The first-order valence-corrected chi connectivity index (χ1v) is 9.63. The molecule has 0 aliphatic heterocycles. The molecule has 5 aromatic rings. The van der Waals surface area contributed by atoms with Gasteiger partial charge in [0.25, 0.3) is 5.91 Å². The predicted molar refractivity (Wildman–Crippen MR) is 115 cm³/mol. The molecule has 0 bridgehead atoms. The minimum absolute atomic E-state index is 0.115. The second-order valence-electron chi connectivity index (χ2n) is 7.09. The second-order valence-corrected chi connectivity index (χ2v) is 7.09. The normalized spacial score (nSPS) is 12.3. The van der Waals surface area contributed by atoms with Gasteiger partial charge in [-0.2, -0.15) is 0 Å². The number of hydrogen-bond acceptors (Lipinski definition) is 2. The number of rotatable bonds is 5. The number of carbonyl (C=O) groups excluding carboxylic acids is 1. The van der Waals surface area contributed by atoms with Gasteiger partial charge in [0.15, 0.2) is 0 Å². The Morgan fingerprint density at radius 1 is 0.897 bits per heavy atom. The highest BCUT2D eigenvalue weighted by atomic mass is 16.1. The number of H-pyrrole nitrogens is 2. The first-order chi connectivity index (χ1) is 14.3. The maximum Gasteiger partial charge on any atom is 0.251 e. The van der Waals surface area contributed by atoms with Gasteiger partial charge in [0, 0.05) is 29.1 Å². The Morgan fingerprint density at radius 2 is 1.62 bits per heavy atom. The Hall–Kier alpha value is -3.86. The Labute approximate surface area is 167 Å². The van der Waals surface area contributed by atoms with Crippen LogP contribution in [-0.4, -0.2) is 20.9 Å². The van der Waals surface area contributed by atoms with Crippen LogP contribution < -0.4 is 5.32 Å². The van der Waals surface area contributed by atoms with Crippen LogP contribution in [0, 0.1) is 0 Å². The van der Waals surface area contributed by atoms with E-state index in [0.29, 0.717) is 12.0 Å². The number of benzene rings is 3. The zero-order valence-corrected chi connectivity index (χ0v) is 15.7. The number of para-hydroxylation sites is 3. The van der Waals surface area contributed by atoms with Crippen molar-refractivity contribution in [2.75, 3.05) is 0 Å². The van der Waals surface area contributed by atoms with Gasteiger partial charge in [0.2, 0.25) is 0 Å². The Balaban J connectivity index is 1.52. The Morgan fingerprint density at radius 3 is 2.45 bits per heavy atom. The number of hydrogen-bond donors (Lipinski definition) is 3. The number of fused-ring (bicyclic) bond motifs is 2. The average Bonchev–Trinajstić information content (AvgIpc) is 3.38. The van der Waals surface area contributed by atoms with Gasteiger partial charge in [0.1, 0.15) is 5.82 Å². The van der Waals surface area contributed by atoms with Gasteiger partial charge < -0.3 is 15.3 Å². The molecule has 5 heteroatoms. The van der Waals surface area contributed by atoms with Crippen LogP contribution in [0.2, 0.25) is 0 Å². The van der Waals surface area contributed by atoms with Gasteiger partial charge in [-0.05, 0) is 35.9 Å². The highest BCUT2D eigenvalue weighted by Crippen LogP contribution is 2.25. The summed E-state index contributed by atoms with van der Waals surface area (Å²) in [6, 6.07) is 25.1. The molecule has 0 aliphatic rings. The molecular formula is C24H20N4O. The van der Waals surface area contributed by atoms with E-state index in [1.54, 1.807) is 0 Å². The van der Waals surface area contributed by atoms with E-state index in [0.717, 1.165) is 33.3 Å². The molecule has 5 rings (SSSR count). The molecule has 0 saturated heterocycles. The van der Waals surface area contributed by atoms with Gasteiger partial charge in [-0.3, -0.25) is 4.79 Å². The van der Waals surface area contributed by atoms with Crippen molar-refractivity contribution in [3.8, 4) is 0 Å². The minimum Gasteiger partial charge on any atom is -0.361 e. The summed E-state index contributed by atoms with van der Waals surface area (Å²) >= 11 is 0. The SMILES string of the molecule is O=C(N[C@@H](Cc1c[nH]c2ccccc12)c1nc2ccccc2[nH]1)c1ccccc1. The van der Waals surface area contributed by atoms with Crippen LogP contribution in [0.5, 0.6) is 0 Å². The van der Waals surface area contributed by atoms with E-state index in [1.165, 1.54) is 0 Å². The Kier molecular flexibility index (Phi) is 4.33. The largest absolute Gasteiger partial charge is 0.361 e. The standard InChI is InChI=1S/C24H20N4O/c29-24(16-8-2-1-3-9-16)28-22(23-26-20-12-6-7-13-21(20)27-23)14-17-15-25-19-11-5-4-10-18(17)19/h1-13,15,22,25H,14H2,(H,26,27)(H,28,29)/t22-/m0/s1. The molecule has 2 aromatic heterocycles. The molecule has 142 valence electrons. The number of aromatic nitrogens is 3. The second kappa shape index (κ2) is 7.28. The van der Waals surface area contributed by atoms with E-state index in [2.05, 4.69) is 27.4 Å². The van der Waals surface area contributed by atoms with E-state index in [1.807, 2.05) is 72.9 Å². The monoisotopic (exact) mass is 380 g/mol. The summed E-state index contributed by atoms with van der Waals surface area (Å²) in [6.07, 6.45) is 2.64. The van der Waals surface area contributed by atoms with Crippen molar-refractivity contribution in [3.05, 3.63) is 102 Å². The minimum atomic E-state index is -0.283. The van der Waals surface area contributed by atoms with E-state index in [4.69, 9.17) is 4.98 Å². The number of nitrogens with zero attached hydrogens (tertiary/aromatic N) is 1. The molecule has 1 amide bonds. The summed E-state index contributed by atoms with van der Waals surface area (Å²) in [5, 5.41) is 4.32. The molecule has 0 unspecified atom stereocenters. The molecule has 3 aromatic carbocycles. The maximum absolute atomic E-state index is 12.9. The zero-order chi connectivity index (χ0) is 19.6. The van der Waals surface area contributed by atoms with Gasteiger partial charge in [0.05, 0.1) is 17.1 Å². The van der Waals surface area contributed by atoms with Crippen LogP contribution in [0.15, 0.2) is 85.1 Å². The fourth-order valence-electron chi connectivity index (χ4n) is 3.71. The molecule has 0 fully saturated rings. The van der Waals surface area contributed by atoms with Crippen LogP contribution in [0.3, 0.4) is 0 Å². The molecule has 29 heavy (non-hydrogen) atoms. The lowest BCUT2D eigenvalue weighted by molar-refractivity contribution is 0.0935. The molecular weight excluding hydrogens is 360 g/mol. The quantitative estimate of drug-likeness (QED) is 0.411. The van der Waals surface area contributed by atoms with E-state index < -0.39 is 0 Å². The number of amides is 1. The predicted octanol–water partition coefficient (Wildman–Crippen LogP) is 4.76. The fourth-order valence-corrected chi connectivity index (χ4v) is 3.71. The summed E-state index contributed by atoms with van der Waals surface area (Å²) in [7, 11) is 0. The molecule has 3 N–H and O–H groups in total. The first kappa shape index (κ1) is 17.3. The summed E-state index contributed by atoms with van der Waals surface area (Å²) in [4.78, 5) is 24.3. The van der Waals surface area contributed by atoms with Crippen molar-refractivity contribution in [2.24, 2.45) is 0 Å². The maximum atomic E-state index is 12.9. The molecule has 0 aliphatic carbocycles. The van der Waals surface area contributed by atoms with Gasteiger partial charge >= 0.3 is 0 Å². The number of nitrogens with one attached hydrogen (secondary N) is 3. The third-order valence-corrected chi connectivity index (χ3v) is 5.18. The third kappa shape index (κ3) is 3.38. The van der Waals surface area contributed by atoms with Gasteiger partial charge in [-0.15, -0.1) is 0 Å². The number of carbonyl (C=O) groups is 1. The highest BCUT2D eigenvalue weighted by molar-refractivity contribution is 5.94. The van der Waals surface area contributed by atoms with Crippen molar-refractivity contribution in [3.63, 3.8) is 0 Å². The van der Waals surface area contributed by atoms with Crippen LogP contribution in [-0.2, 0) is 6.42 Å². The fraction of sp³-hybridized carbons (Fsp3) is 0.0833. The summed E-state index contributed by atoms with van der Waals surface area (Å²) in [5.41, 5.74) is 4.70. The van der Waals surface area contributed by atoms with E-state index >= 15 is 0 Å². The lowest BCUT2D eigenvalue weighted by Gasteiger charge is -2.17. The molecule has 0 spiro atoms. The van der Waals surface area contributed by atoms with Crippen molar-refractivity contribution in [1.29, 1.82) is 0 Å². The highest BCUT2D eigenvalue weighted by Gasteiger charge is 2.21. The number of imidazole rings is 1. The topological polar surface area (TPSA) is 73.6 Å². The van der Waals surface area contributed by atoms with Crippen LogP contribution >= 0.6 is 0 Å². The molecule has 1 atom stereocenters. The average molecular weight is 380 g/mol. The first-order valence-electron chi connectivity index (χ1n) is 9.63. The van der Waals surface area contributed by atoms with Crippen molar-refractivity contribution < 1.29 is 4.79 Å². The lowest BCUT2D eigenvalue weighted by atomic mass is 10.0. The molecule has 0 saturated carbocycles. The summed E-state index contributed by atoms with van der Waals surface area (Å²) < 4.78 is 0.